The van der Waals surface area contributed by atoms with E-state index in [1.807, 2.05) is 60.6 Å². The number of para-hydroxylation sites is 1. The van der Waals surface area contributed by atoms with Gasteiger partial charge in [-0.25, -0.2) is 0 Å². The van der Waals surface area contributed by atoms with Gasteiger partial charge in [0.1, 0.15) is 0 Å². The predicted octanol–water partition coefficient (Wildman–Crippen LogP) is 2.30. The minimum absolute atomic E-state index is 0.166. The molecule has 0 radical (unpaired) electrons. The first kappa shape index (κ1) is 17.4. The Balaban J connectivity index is 1.71. The number of benzene rings is 1. The van der Waals surface area contributed by atoms with Crippen molar-refractivity contribution in [3.63, 3.8) is 0 Å². The number of aromatic nitrogens is 1. The Morgan fingerprint density at radius 2 is 1.92 bits per heavy atom. The number of rotatable bonds is 6. The van der Waals surface area contributed by atoms with Crippen molar-refractivity contribution in [1.29, 1.82) is 0 Å². The van der Waals surface area contributed by atoms with Gasteiger partial charge < -0.3 is 15.1 Å². The largest absolute Gasteiger partial charge is 0.358 e. The monoisotopic (exact) mass is 338 g/mol. The molecule has 0 atom stereocenters. The Bertz CT molecular complexity index is 656. The molecule has 1 aliphatic heterocycles. The van der Waals surface area contributed by atoms with Gasteiger partial charge in [-0.3, -0.25) is 9.78 Å². The molecule has 1 saturated heterocycles. The van der Waals surface area contributed by atoms with Gasteiger partial charge in [0, 0.05) is 37.7 Å². The number of hydrogen-bond donors (Lipinski definition) is 1. The van der Waals surface area contributed by atoms with Gasteiger partial charge in [0.2, 0.25) is 5.91 Å². The van der Waals surface area contributed by atoms with Crippen molar-refractivity contribution in [2.45, 2.75) is 25.4 Å². The number of hydrogen-bond acceptors (Lipinski definition) is 4. The normalized spacial score (nSPS) is 14.9. The van der Waals surface area contributed by atoms with Crippen LogP contribution in [0, 0.1) is 0 Å². The summed E-state index contributed by atoms with van der Waals surface area (Å²) < 4.78 is 0. The fourth-order valence-corrected chi connectivity index (χ4v) is 3.26. The number of carbonyl (C=O) groups excluding carboxylic acids is 1. The third-order valence-electron chi connectivity index (χ3n) is 4.79. The van der Waals surface area contributed by atoms with Crippen LogP contribution in [0.15, 0.2) is 54.9 Å². The van der Waals surface area contributed by atoms with Gasteiger partial charge >= 0.3 is 0 Å². The number of anilines is 1. The highest BCUT2D eigenvalue weighted by atomic mass is 16.2. The van der Waals surface area contributed by atoms with E-state index in [4.69, 9.17) is 0 Å². The summed E-state index contributed by atoms with van der Waals surface area (Å²) in [6, 6.07) is 14.4. The molecule has 1 amide bonds. The first-order valence-corrected chi connectivity index (χ1v) is 8.89. The zero-order valence-corrected chi connectivity index (χ0v) is 14.8. The number of pyridine rings is 1. The van der Waals surface area contributed by atoms with Gasteiger partial charge in [0.15, 0.2) is 0 Å². The molecule has 0 bridgehead atoms. The predicted molar refractivity (Wildman–Crippen MR) is 100 cm³/mol. The van der Waals surface area contributed by atoms with Gasteiger partial charge in [-0.2, -0.15) is 0 Å². The number of carbonyl (C=O) groups is 1. The zero-order valence-electron chi connectivity index (χ0n) is 14.8. The number of piperidine rings is 1. The van der Waals surface area contributed by atoms with Crippen LogP contribution in [0.2, 0.25) is 0 Å². The van der Waals surface area contributed by atoms with E-state index in [2.05, 4.69) is 15.2 Å². The highest BCUT2D eigenvalue weighted by Gasteiger charge is 2.23. The third kappa shape index (κ3) is 4.79. The van der Waals surface area contributed by atoms with Gasteiger partial charge in [-0.05, 0) is 49.7 Å². The number of nitrogens with one attached hydrogen (secondary N) is 1. The van der Waals surface area contributed by atoms with Crippen molar-refractivity contribution in [1.82, 2.24) is 15.2 Å². The van der Waals surface area contributed by atoms with E-state index in [0.29, 0.717) is 19.1 Å². The molecule has 0 spiro atoms. The van der Waals surface area contributed by atoms with Crippen molar-refractivity contribution in [2.24, 2.45) is 0 Å². The highest BCUT2D eigenvalue weighted by Crippen LogP contribution is 2.18. The van der Waals surface area contributed by atoms with E-state index in [1.54, 1.807) is 6.20 Å². The molecule has 1 aliphatic rings. The number of nitrogens with zero attached hydrogens (tertiary/aromatic N) is 3. The minimum atomic E-state index is 0.166. The minimum Gasteiger partial charge on any atom is -0.358 e. The van der Waals surface area contributed by atoms with Crippen LogP contribution in [0.4, 0.5) is 5.69 Å². The fraction of sp³-hybridized carbons (Fsp3) is 0.400. The summed E-state index contributed by atoms with van der Waals surface area (Å²) in [6.07, 6.45) is 5.68. The van der Waals surface area contributed by atoms with Crippen LogP contribution in [0.25, 0.3) is 0 Å². The highest BCUT2D eigenvalue weighted by molar-refractivity contribution is 5.81. The SMILES string of the molecule is CN(C(=O)CN(Cc1cccnc1)c1ccccc1)C1CCNCC1. The molecule has 5 nitrogen and oxygen atoms in total. The molecule has 25 heavy (non-hydrogen) atoms. The van der Waals surface area contributed by atoms with Crippen LogP contribution in [0.5, 0.6) is 0 Å². The summed E-state index contributed by atoms with van der Waals surface area (Å²) in [5.74, 6) is 0.166. The zero-order chi connectivity index (χ0) is 17.5. The fourth-order valence-electron chi connectivity index (χ4n) is 3.26. The van der Waals surface area contributed by atoms with E-state index >= 15 is 0 Å². The van der Waals surface area contributed by atoms with Crippen LogP contribution in [-0.4, -0.2) is 48.5 Å². The van der Waals surface area contributed by atoms with Crippen LogP contribution in [0.3, 0.4) is 0 Å². The van der Waals surface area contributed by atoms with Gasteiger partial charge in [0.05, 0.1) is 6.54 Å². The molecule has 1 aromatic carbocycles. The molecule has 0 saturated carbocycles. The molecule has 132 valence electrons. The first-order chi connectivity index (χ1) is 12.2. The molecule has 5 heteroatoms. The maximum absolute atomic E-state index is 12.9. The summed E-state index contributed by atoms with van der Waals surface area (Å²) in [5.41, 5.74) is 2.15. The Labute approximate surface area is 149 Å². The average molecular weight is 338 g/mol. The summed E-state index contributed by atoms with van der Waals surface area (Å²) in [4.78, 5) is 21.1. The lowest BCUT2D eigenvalue weighted by Gasteiger charge is -2.34. The summed E-state index contributed by atoms with van der Waals surface area (Å²) >= 11 is 0. The average Bonchev–Trinajstić information content (AvgIpc) is 2.69. The van der Waals surface area contributed by atoms with Gasteiger partial charge in [-0.15, -0.1) is 0 Å². The van der Waals surface area contributed by atoms with Crippen LogP contribution in [0.1, 0.15) is 18.4 Å². The second kappa shape index (κ2) is 8.62. The van der Waals surface area contributed by atoms with Gasteiger partial charge in [-0.1, -0.05) is 24.3 Å². The number of likely N-dealkylation sites (N-methyl/N-ethyl adjacent to an activating group) is 1. The molecule has 2 heterocycles. The van der Waals surface area contributed by atoms with E-state index < -0.39 is 0 Å². The van der Waals surface area contributed by atoms with E-state index in [-0.39, 0.29) is 5.91 Å². The summed E-state index contributed by atoms with van der Waals surface area (Å²) in [6.45, 7) is 3.02. The lowest BCUT2D eigenvalue weighted by molar-refractivity contribution is -0.130. The van der Waals surface area contributed by atoms with Gasteiger partial charge in [0.25, 0.3) is 0 Å². The lowest BCUT2D eigenvalue weighted by Crippen LogP contribution is -2.47. The van der Waals surface area contributed by atoms with Crippen LogP contribution in [-0.2, 0) is 11.3 Å². The molecule has 1 fully saturated rings. The van der Waals surface area contributed by atoms with Crippen molar-refractivity contribution < 1.29 is 4.79 Å². The van der Waals surface area contributed by atoms with Crippen LogP contribution < -0.4 is 10.2 Å². The lowest BCUT2D eigenvalue weighted by atomic mass is 10.1. The van der Waals surface area contributed by atoms with Crippen molar-refractivity contribution in [2.75, 3.05) is 31.6 Å². The maximum Gasteiger partial charge on any atom is 0.242 e. The second-order valence-electron chi connectivity index (χ2n) is 6.54. The third-order valence-corrected chi connectivity index (χ3v) is 4.79. The Morgan fingerprint density at radius 1 is 1.16 bits per heavy atom. The van der Waals surface area contributed by atoms with Crippen molar-refractivity contribution in [3.8, 4) is 0 Å². The van der Waals surface area contributed by atoms with E-state index in [1.165, 1.54) is 0 Å². The van der Waals surface area contributed by atoms with Crippen molar-refractivity contribution >= 4 is 11.6 Å². The molecule has 1 aromatic heterocycles. The molecule has 0 aliphatic carbocycles. The molecule has 3 rings (SSSR count). The second-order valence-corrected chi connectivity index (χ2v) is 6.54. The smallest absolute Gasteiger partial charge is 0.242 e. The van der Waals surface area contributed by atoms with Crippen molar-refractivity contribution in [3.05, 3.63) is 60.4 Å². The Kier molecular flexibility index (Phi) is 6.01. The summed E-state index contributed by atoms with van der Waals surface area (Å²) in [5, 5.41) is 3.35. The maximum atomic E-state index is 12.9. The standard InChI is InChI=1S/C20H26N4O/c1-23(18-9-12-21-13-10-18)20(25)16-24(19-7-3-2-4-8-19)15-17-6-5-11-22-14-17/h2-8,11,14,18,21H,9-10,12-13,15-16H2,1H3. The topological polar surface area (TPSA) is 48.5 Å². The van der Waals surface area contributed by atoms with Crippen LogP contribution >= 0.6 is 0 Å². The molecule has 2 aromatic rings. The first-order valence-electron chi connectivity index (χ1n) is 8.89. The summed E-state index contributed by atoms with van der Waals surface area (Å²) in [7, 11) is 1.94. The molecular formula is C20H26N4O. The molecular weight excluding hydrogens is 312 g/mol. The molecule has 1 N–H and O–H groups in total. The Hall–Kier alpha value is -2.40. The number of amides is 1. The van der Waals surface area contributed by atoms with E-state index in [9.17, 15) is 4.79 Å². The molecule has 0 unspecified atom stereocenters. The Morgan fingerprint density at radius 3 is 2.60 bits per heavy atom. The van der Waals surface area contributed by atoms with E-state index in [0.717, 1.165) is 37.2 Å². The quantitative estimate of drug-likeness (QED) is 0.878.